The van der Waals surface area contributed by atoms with Crippen LogP contribution in [0, 0.1) is 23.7 Å². The van der Waals surface area contributed by atoms with E-state index in [0.29, 0.717) is 131 Å². The molecule has 0 bridgehead atoms. The highest BCUT2D eigenvalue weighted by Gasteiger charge is 2.37. The zero-order chi connectivity index (χ0) is 41.3. The number of aliphatic hydroxyl groups excluding tert-OH is 2. The first kappa shape index (κ1) is 39.5. The highest BCUT2D eigenvalue weighted by atomic mass is 16.5. The number of carboxylic acids is 2. The van der Waals surface area contributed by atoms with Gasteiger partial charge in [0.15, 0.2) is 10.9 Å². The number of phenols is 1. The number of carbonyl (C=O) groups is 3. The number of fused-ring (bicyclic) bond motifs is 1. The van der Waals surface area contributed by atoms with Crippen molar-refractivity contribution < 1.29 is 44.7 Å². The summed E-state index contributed by atoms with van der Waals surface area (Å²) < 4.78 is 6.25. The predicted molar refractivity (Wildman–Crippen MR) is 221 cm³/mol. The number of aromatic hydroxyl groups is 1. The minimum Gasteiger partial charge on any atom is -0.507 e. The molecule has 2 fully saturated rings. The molecule has 2 saturated carbocycles. The first-order chi connectivity index (χ1) is 27.8. The maximum Gasteiger partial charge on any atom is 0.306 e. The normalized spacial score (nSPS) is 22.2. The van der Waals surface area contributed by atoms with E-state index in [9.17, 15) is 49.5 Å². The third-order valence-corrected chi connectivity index (χ3v) is 13.7. The Morgan fingerprint density at radius 3 is 1.79 bits per heavy atom. The molecule has 0 spiro atoms. The first-order valence-corrected chi connectivity index (χ1v) is 20.4. The fourth-order valence-corrected chi connectivity index (χ4v) is 10.8. The van der Waals surface area contributed by atoms with Crippen LogP contribution in [0.3, 0.4) is 0 Å². The minimum absolute atomic E-state index is 0.0424. The Labute approximate surface area is 333 Å². The molecule has 58 heavy (non-hydrogen) atoms. The lowest BCUT2D eigenvalue weighted by Crippen LogP contribution is -2.26. The Morgan fingerprint density at radius 2 is 1.28 bits per heavy atom. The van der Waals surface area contributed by atoms with Gasteiger partial charge in [-0.1, -0.05) is 11.6 Å². The molecule has 3 aliphatic carbocycles. The van der Waals surface area contributed by atoms with Gasteiger partial charge in [-0.25, -0.2) is 0 Å². The zero-order valence-electron chi connectivity index (χ0n) is 33.0. The molecule has 0 aliphatic heterocycles. The van der Waals surface area contributed by atoms with Gasteiger partial charge in [-0.3, -0.25) is 24.0 Å². The van der Waals surface area contributed by atoms with Crippen LogP contribution in [-0.2, 0) is 34.0 Å². The Morgan fingerprint density at radius 1 is 0.741 bits per heavy atom. The number of ketones is 1. The summed E-state index contributed by atoms with van der Waals surface area (Å²) in [6, 6.07) is 2.66. The number of hydrogen-bond donors (Lipinski definition) is 6. The van der Waals surface area contributed by atoms with E-state index in [1.54, 1.807) is 0 Å². The number of nitrogens with one attached hydrogen (secondary N) is 1. The summed E-state index contributed by atoms with van der Waals surface area (Å²) in [7, 11) is 1.48. The molecule has 0 heterocycles. The van der Waals surface area contributed by atoms with Crippen molar-refractivity contribution in [3.05, 3.63) is 66.0 Å². The van der Waals surface area contributed by atoms with Crippen molar-refractivity contribution in [3.8, 4) is 11.5 Å². The average molecular weight is 792 g/mol. The van der Waals surface area contributed by atoms with Crippen molar-refractivity contribution >= 4 is 72.6 Å². The third-order valence-electron chi connectivity index (χ3n) is 13.7. The van der Waals surface area contributed by atoms with Crippen molar-refractivity contribution in [2.75, 3.05) is 19.0 Å². The quantitative estimate of drug-likeness (QED) is 0.0569. The molecule has 304 valence electrons. The van der Waals surface area contributed by atoms with E-state index in [-0.39, 0.29) is 56.9 Å². The summed E-state index contributed by atoms with van der Waals surface area (Å²) in [6.45, 7) is 2.64. The van der Waals surface area contributed by atoms with Crippen LogP contribution in [-0.4, -0.2) is 56.9 Å². The van der Waals surface area contributed by atoms with Crippen LogP contribution in [0.4, 0.5) is 5.69 Å². The van der Waals surface area contributed by atoms with Gasteiger partial charge in [-0.05, 0) is 140 Å². The van der Waals surface area contributed by atoms with Gasteiger partial charge in [0.2, 0.25) is 0 Å². The molecule has 3 aliphatic rings. The maximum atomic E-state index is 14.5. The van der Waals surface area contributed by atoms with Crippen molar-refractivity contribution in [2.24, 2.45) is 23.7 Å². The second-order valence-corrected chi connectivity index (χ2v) is 16.9. The summed E-state index contributed by atoms with van der Waals surface area (Å²) in [4.78, 5) is 66.1. The number of rotatable bonds is 12. The fraction of sp³-hybridized carbons (Fsp3) is 0.457. The van der Waals surface area contributed by atoms with Crippen LogP contribution < -0.4 is 20.9 Å². The second-order valence-electron chi connectivity index (χ2n) is 16.9. The van der Waals surface area contributed by atoms with Gasteiger partial charge in [-0.15, -0.1) is 0 Å². The molecular weight excluding hydrogens is 743 g/mol. The number of phenolic OH excluding ortho intramolecular Hbond substituents is 1. The van der Waals surface area contributed by atoms with Crippen LogP contribution in [0.15, 0.2) is 27.3 Å². The molecule has 6 N–H and O–H groups in total. The van der Waals surface area contributed by atoms with Gasteiger partial charge >= 0.3 is 11.9 Å². The molecule has 0 saturated heterocycles. The molecule has 5 aromatic rings. The van der Waals surface area contributed by atoms with Gasteiger partial charge < -0.3 is 35.6 Å². The van der Waals surface area contributed by atoms with Crippen molar-refractivity contribution in [1.82, 2.24) is 0 Å². The van der Waals surface area contributed by atoms with E-state index in [4.69, 9.17) is 4.74 Å². The van der Waals surface area contributed by atoms with Crippen molar-refractivity contribution in [1.29, 1.82) is 0 Å². The summed E-state index contributed by atoms with van der Waals surface area (Å²) >= 11 is 0. The fourth-order valence-electron chi connectivity index (χ4n) is 10.8. The number of allylic oxidation sites excluding steroid dienone is 1. The average Bonchev–Trinajstić information content (AvgIpc) is 3.33. The molecular formula is C46H49NO11. The topological polar surface area (TPSA) is 208 Å². The highest BCUT2D eigenvalue weighted by Crippen LogP contribution is 2.56. The van der Waals surface area contributed by atoms with Gasteiger partial charge in [-0.2, -0.15) is 0 Å². The smallest absolute Gasteiger partial charge is 0.306 e. The number of carbonyl (C=O) groups excluding carboxylic acids is 1. The van der Waals surface area contributed by atoms with Crippen molar-refractivity contribution in [3.63, 3.8) is 0 Å². The number of benzene rings is 5. The van der Waals surface area contributed by atoms with Crippen LogP contribution in [0.2, 0.25) is 0 Å². The maximum absolute atomic E-state index is 14.5. The number of hydrogen-bond acceptors (Lipinski definition) is 10. The lowest BCUT2D eigenvalue weighted by molar-refractivity contribution is -0.144. The SMILES string of the molecule is COc1c(NCC2CCC(C(=O)O)CC2)c2c(=O)cc(CO)c3c4c(CO)cc(=O)c5c(O)c(CCC6CCC(C(=O)O)CC6)c6c(c(c1C(C(C)=O)C(C)=C6)c23)c54. The highest BCUT2D eigenvalue weighted by molar-refractivity contribution is 6.39. The van der Waals surface area contributed by atoms with Crippen molar-refractivity contribution in [2.45, 2.75) is 97.2 Å². The first-order valence-electron chi connectivity index (χ1n) is 20.4. The second kappa shape index (κ2) is 15.1. The van der Waals surface area contributed by atoms with E-state index in [1.165, 1.54) is 26.2 Å². The predicted octanol–water partition coefficient (Wildman–Crippen LogP) is 6.81. The van der Waals surface area contributed by atoms with Crippen LogP contribution in [0.1, 0.15) is 105 Å². The van der Waals surface area contributed by atoms with Crippen LogP contribution in [0.5, 0.6) is 11.5 Å². The molecule has 0 amide bonds. The van der Waals surface area contributed by atoms with E-state index in [1.807, 2.05) is 13.0 Å². The molecule has 1 atom stereocenters. The molecule has 0 aromatic heterocycles. The molecule has 12 heteroatoms. The molecule has 0 radical (unpaired) electrons. The lowest BCUT2D eigenvalue weighted by Gasteiger charge is -2.29. The van der Waals surface area contributed by atoms with E-state index < -0.39 is 47.8 Å². The van der Waals surface area contributed by atoms with Gasteiger partial charge in [0.05, 0.1) is 54.5 Å². The molecule has 12 nitrogen and oxygen atoms in total. The molecule has 5 aromatic carbocycles. The Balaban J connectivity index is 1.47. The third kappa shape index (κ3) is 6.14. The Kier molecular flexibility index (Phi) is 10.3. The Bertz CT molecular complexity index is 2670. The van der Waals surface area contributed by atoms with E-state index in [0.717, 1.165) is 0 Å². The number of anilines is 1. The van der Waals surface area contributed by atoms with E-state index >= 15 is 0 Å². The van der Waals surface area contributed by atoms with E-state index in [2.05, 4.69) is 5.32 Å². The van der Waals surface area contributed by atoms with Gasteiger partial charge in [0.25, 0.3) is 0 Å². The molecule has 8 rings (SSSR count). The summed E-state index contributed by atoms with van der Waals surface area (Å²) in [5.41, 5.74) is 2.22. The van der Waals surface area contributed by atoms with Crippen LogP contribution in [0.25, 0.3) is 49.2 Å². The standard InChI is InChI=1S/C46H49NO11/c1-20-14-29-28(13-8-22-4-9-24(10-5-22)45(54)55)43(53)37-31(52)16-27(19-49)33-34-26(18-48)15-30(51)36-39(34)40(35(29)38(33)37)41(32(20)21(2)50)44(58-3)42(36)47-17-23-6-11-25(12-7-23)46(56)57/h14-16,22-25,32,47-49,53H,4-13,17-19H2,1-3H3,(H,54,55)(H,56,57). The van der Waals surface area contributed by atoms with Gasteiger partial charge in [0, 0.05) is 28.4 Å². The number of carboxylic acid groups (broad SMARTS) is 2. The summed E-state index contributed by atoms with van der Waals surface area (Å²) in [5.74, 6) is -3.09. The zero-order valence-corrected chi connectivity index (χ0v) is 33.0. The monoisotopic (exact) mass is 791 g/mol. The number of aliphatic carboxylic acids is 2. The number of Topliss-reactive ketones (excluding diaryl/α,β-unsaturated/α-hetero) is 1. The number of ether oxygens (including phenoxy) is 1. The number of aliphatic hydroxyl groups is 2. The number of methoxy groups -OCH3 is 1. The summed E-state index contributed by atoms with van der Waals surface area (Å²) in [5, 5.41) is 59.7. The molecule has 1 unspecified atom stereocenters. The summed E-state index contributed by atoms with van der Waals surface area (Å²) in [6.07, 6.45) is 7.81. The van der Waals surface area contributed by atoms with Crippen LogP contribution >= 0.6 is 0 Å². The lowest BCUT2D eigenvalue weighted by atomic mass is 9.77. The Hall–Kier alpha value is -5.33. The largest absolute Gasteiger partial charge is 0.507 e. The minimum atomic E-state index is -0.875. The van der Waals surface area contributed by atoms with Gasteiger partial charge in [0.1, 0.15) is 17.3 Å².